The van der Waals surface area contributed by atoms with E-state index in [1.54, 1.807) is 30.3 Å². The van der Waals surface area contributed by atoms with Crippen LogP contribution in [0.3, 0.4) is 0 Å². The van der Waals surface area contributed by atoms with Gasteiger partial charge in [0.1, 0.15) is 0 Å². The average molecular weight is 237 g/mol. The van der Waals surface area contributed by atoms with Gasteiger partial charge < -0.3 is 0 Å². The van der Waals surface area contributed by atoms with Crippen LogP contribution in [0.15, 0.2) is 35.2 Å². The summed E-state index contributed by atoms with van der Waals surface area (Å²) in [5, 5.41) is 8.34. The molecule has 0 aliphatic carbocycles. The van der Waals surface area contributed by atoms with E-state index in [0.29, 0.717) is 17.7 Å². The molecule has 0 unspecified atom stereocenters. The van der Waals surface area contributed by atoms with Crippen molar-refractivity contribution < 1.29 is 8.42 Å². The maximum absolute atomic E-state index is 11.8. The van der Waals surface area contributed by atoms with Crippen LogP contribution >= 0.6 is 0 Å². The van der Waals surface area contributed by atoms with Gasteiger partial charge in [0.2, 0.25) is 0 Å². The molecule has 0 bridgehead atoms. The smallest absolute Gasteiger partial charge is 0.178 e. The third-order valence-electron chi connectivity index (χ3n) is 2.30. The maximum Gasteiger partial charge on any atom is 0.178 e. The molecule has 1 aromatic carbocycles. The summed E-state index contributed by atoms with van der Waals surface area (Å²) in [6, 6.07) is 10.5. The van der Waals surface area contributed by atoms with Gasteiger partial charge in [-0.3, -0.25) is 0 Å². The number of hydrogen-bond acceptors (Lipinski definition) is 3. The lowest BCUT2D eigenvalue weighted by atomic mass is 10.2. The van der Waals surface area contributed by atoms with E-state index in [4.69, 9.17) is 5.26 Å². The zero-order valence-electron chi connectivity index (χ0n) is 9.09. The van der Waals surface area contributed by atoms with Gasteiger partial charge in [-0.15, -0.1) is 0 Å². The van der Waals surface area contributed by atoms with Gasteiger partial charge in [-0.05, 0) is 25.0 Å². The second kappa shape index (κ2) is 6.29. The highest BCUT2D eigenvalue weighted by molar-refractivity contribution is 7.91. The van der Waals surface area contributed by atoms with E-state index in [1.165, 1.54) is 0 Å². The van der Waals surface area contributed by atoms with E-state index in [-0.39, 0.29) is 5.75 Å². The van der Waals surface area contributed by atoms with E-state index in [9.17, 15) is 8.42 Å². The van der Waals surface area contributed by atoms with Gasteiger partial charge in [-0.2, -0.15) is 5.26 Å². The van der Waals surface area contributed by atoms with Gasteiger partial charge in [0.15, 0.2) is 9.84 Å². The Bertz CT molecular complexity index is 446. The molecular formula is C12H15NO2S. The number of nitriles is 1. The van der Waals surface area contributed by atoms with E-state index < -0.39 is 9.84 Å². The topological polar surface area (TPSA) is 57.9 Å². The molecule has 3 nitrogen and oxygen atoms in total. The van der Waals surface area contributed by atoms with Crippen LogP contribution in [0, 0.1) is 11.3 Å². The molecule has 0 atom stereocenters. The van der Waals surface area contributed by atoms with Crippen molar-refractivity contribution in [2.45, 2.75) is 30.6 Å². The summed E-state index contributed by atoms with van der Waals surface area (Å²) in [4.78, 5) is 0.385. The van der Waals surface area contributed by atoms with Crippen LogP contribution in [0.25, 0.3) is 0 Å². The normalized spacial score (nSPS) is 10.9. The van der Waals surface area contributed by atoms with Crippen molar-refractivity contribution in [3.05, 3.63) is 30.3 Å². The Kier molecular flexibility index (Phi) is 5.00. The molecule has 0 aliphatic rings. The number of benzene rings is 1. The van der Waals surface area contributed by atoms with Gasteiger partial charge in [-0.25, -0.2) is 8.42 Å². The lowest BCUT2D eigenvalue weighted by Crippen LogP contribution is -2.06. The fourth-order valence-corrected chi connectivity index (χ4v) is 2.81. The van der Waals surface area contributed by atoms with Gasteiger partial charge in [-0.1, -0.05) is 24.6 Å². The van der Waals surface area contributed by atoms with Crippen molar-refractivity contribution in [1.29, 1.82) is 5.26 Å². The predicted molar refractivity (Wildman–Crippen MR) is 62.6 cm³/mol. The van der Waals surface area contributed by atoms with Crippen molar-refractivity contribution >= 4 is 9.84 Å². The van der Waals surface area contributed by atoms with Crippen molar-refractivity contribution in [3.8, 4) is 6.07 Å². The summed E-state index contributed by atoms with van der Waals surface area (Å²) in [6.07, 6.45) is 2.70. The zero-order valence-corrected chi connectivity index (χ0v) is 9.91. The van der Waals surface area contributed by atoms with Crippen molar-refractivity contribution in [3.63, 3.8) is 0 Å². The Hall–Kier alpha value is -1.34. The second-order valence-electron chi connectivity index (χ2n) is 3.60. The summed E-state index contributed by atoms with van der Waals surface area (Å²) in [5.74, 6) is 0.169. The van der Waals surface area contributed by atoms with E-state index >= 15 is 0 Å². The minimum absolute atomic E-state index is 0.169. The lowest BCUT2D eigenvalue weighted by Gasteiger charge is -2.03. The van der Waals surface area contributed by atoms with Gasteiger partial charge >= 0.3 is 0 Å². The maximum atomic E-state index is 11.8. The highest BCUT2D eigenvalue weighted by Crippen LogP contribution is 2.12. The Morgan fingerprint density at radius 1 is 1.06 bits per heavy atom. The van der Waals surface area contributed by atoms with Crippen LogP contribution in [0.5, 0.6) is 0 Å². The van der Waals surface area contributed by atoms with Crippen molar-refractivity contribution in [2.75, 3.05) is 5.75 Å². The van der Waals surface area contributed by atoms with Crippen LogP contribution in [-0.2, 0) is 9.84 Å². The minimum atomic E-state index is -3.13. The largest absolute Gasteiger partial charge is 0.224 e. The van der Waals surface area contributed by atoms with E-state index in [2.05, 4.69) is 0 Å². The van der Waals surface area contributed by atoms with Crippen LogP contribution in [0.2, 0.25) is 0 Å². The standard InChI is InChI=1S/C12H15NO2S/c13-10-6-1-2-7-11-16(14,15)12-8-4-3-5-9-12/h3-5,8-9H,1-2,6-7,11H2. The molecule has 0 aliphatic heterocycles. The lowest BCUT2D eigenvalue weighted by molar-refractivity contribution is 0.590. The molecule has 0 radical (unpaired) electrons. The Morgan fingerprint density at radius 2 is 1.75 bits per heavy atom. The predicted octanol–water partition coefficient (Wildman–Crippen LogP) is 2.54. The van der Waals surface area contributed by atoms with Gasteiger partial charge in [0.05, 0.1) is 16.7 Å². The molecule has 4 heteroatoms. The molecule has 0 saturated heterocycles. The molecule has 0 spiro atoms. The number of hydrogen-bond donors (Lipinski definition) is 0. The van der Waals surface area contributed by atoms with Crippen LogP contribution < -0.4 is 0 Å². The van der Waals surface area contributed by atoms with E-state index in [1.807, 2.05) is 6.07 Å². The molecule has 16 heavy (non-hydrogen) atoms. The average Bonchev–Trinajstić information content (AvgIpc) is 2.30. The third kappa shape index (κ3) is 4.03. The Balaban J connectivity index is 2.45. The summed E-state index contributed by atoms with van der Waals surface area (Å²) in [6.45, 7) is 0. The molecule has 0 N–H and O–H groups in total. The van der Waals surface area contributed by atoms with Gasteiger partial charge in [0.25, 0.3) is 0 Å². The number of rotatable bonds is 6. The Morgan fingerprint density at radius 3 is 2.38 bits per heavy atom. The first-order valence-corrected chi connectivity index (χ1v) is 6.97. The molecule has 0 amide bonds. The van der Waals surface area contributed by atoms with Crippen LogP contribution in [0.1, 0.15) is 25.7 Å². The fourth-order valence-electron chi connectivity index (χ4n) is 1.42. The van der Waals surface area contributed by atoms with Crippen molar-refractivity contribution in [2.24, 2.45) is 0 Å². The third-order valence-corrected chi connectivity index (χ3v) is 4.12. The Labute approximate surface area is 96.6 Å². The highest BCUT2D eigenvalue weighted by Gasteiger charge is 2.12. The minimum Gasteiger partial charge on any atom is -0.224 e. The molecule has 0 heterocycles. The monoisotopic (exact) mass is 237 g/mol. The first-order chi connectivity index (χ1) is 7.67. The van der Waals surface area contributed by atoms with Gasteiger partial charge in [0, 0.05) is 6.42 Å². The summed E-state index contributed by atoms with van der Waals surface area (Å²) in [5.41, 5.74) is 0. The molecule has 86 valence electrons. The van der Waals surface area contributed by atoms with Crippen LogP contribution in [0.4, 0.5) is 0 Å². The molecule has 1 aromatic rings. The summed E-state index contributed by atoms with van der Waals surface area (Å²) < 4.78 is 23.6. The number of sulfone groups is 1. The summed E-state index contributed by atoms with van der Waals surface area (Å²) >= 11 is 0. The highest BCUT2D eigenvalue weighted by atomic mass is 32.2. The van der Waals surface area contributed by atoms with Crippen LogP contribution in [-0.4, -0.2) is 14.2 Å². The molecule has 0 fully saturated rings. The summed E-state index contributed by atoms with van der Waals surface area (Å²) in [7, 11) is -3.13. The first kappa shape index (κ1) is 12.7. The molecular weight excluding hydrogens is 222 g/mol. The quantitative estimate of drug-likeness (QED) is 0.714. The SMILES string of the molecule is N#CCCCCCS(=O)(=O)c1ccccc1. The molecule has 0 saturated carbocycles. The zero-order chi connectivity index (χ0) is 11.9. The fraction of sp³-hybridized carbons (Fsp3) is 0.417. The first-order valence-electron chi connectivity index (χ1n) is 5.31. The number of nitrogens with zero attached hydrogens (tertiary/aromatic N) is 1. The molecule has 0 aromatic heterocycles. The molecule has 1 rings (SSSR count). The second-order valence-corrected chi connectivity index (χ2v) is 5.71. The number of unbranched alkanes of at least 4 members (excludes halogenated alkanes) is 3. The van der Waals surface area contributed by atoms with Crippen molar-refractivity contribution in [1.82, 2.24) is 0 Å². The van der Waals surface area contributed by atoms with E-state index in [0.717, 1.165) is 12.8 Å².